The van der Waals surface area contributed by atoms with Crippen LogP contribution in [0.2, 0.25) is 0 Å². The van der Waals surface area contributed by atoms with Crippen molar-refractivity contribution in [3.63, 3.8) is 0 Å². The molecule has 2 heteroatoms. The average molecular weight is 260 g/mol. The molecule has 1 unspecified atom stereocenters. The molecule has 1 atom stereocenters. The molecule has 1 fully saturated rings. The van der Waals surface area contributed by atoms with E-state index in [4.69, 9.17) is 5.73 Å². The number of nitrogens with two attached hydrogens (primary N) is 1. The molecule has 2 rings (SSSR count). The summed E-state index contributed by atoms with van der Waals surface area (Å²) >= 11 is 0. The zero-order valence-corrected chi connectivity index (χ0v) is 12.4. The van der Waals surface area contributed by atoms with E-state index in [-0.39, 0.29) is 0 Å². The molecule has 1 aliphatic rings. The second-order valence-electron chi connectivity index (χ2n) is 6.09. The molecule has 2 N–H and O–H groups in total. The monoisotopic (exact) mass is 260 g/mol. The van der Waals surface area contributed by atoms with E-state index in [1.807, 2.05) is 0 Å². The van der Waals surface area contributed by atoms with Gasteiger partial charge in [0.15, 0.2) is 0 Å². The molecule has 0 aromatic heterocycles. The van der Waals surface area contributed by atoms with E-state index in [1.165, 1.54) is 36.9 Å². The fraction of sp³-hybridized carbons (Fsp3) is 0.647. The van der Waals surface area contributed by atoms with Crippen molar-refractivity contribution in [3.05, 3.63) is 35.4 Å². The van der Waals surface area contributed by atoms with Crippen LogP contribution >= 0.6 is 0 Å². The fourth-order valence-electron chi connectivity index (χ4n) is 3.03. The fourth-order valence-corrected chi connectivity index (χ4v) is 3.03. The highest BCUT2D eigenvalue weighted by molar-refractivity contribution is 5.24. The quantitative estimate of drug-likeness (QED) is 0.848. The van der Waals surface area contributed by atoms with E-state index >= 15 is 0 Å². The molecule has 1 aromatic carbocycles. The van der Waals surface area contributed by atoms with Crippen molar-refractivity contribution >= 4 is 0 Å². The molecule has 0 saturated carbocycles. The van der Waals surface area contributed by atoms with Gasteiger partial charge in [0.2, 0.25) is 0 Å². The topological polar surface area (TPSA) is 29.3 Å². The van der Waals surface area contributed by atoms with Gasteiger partial charge in [0, 0.05) is 12.6 Å². The molecule has 0 bridgehead atoms. The molecule has 0 spiro atoms. The van der Waals surface area contributed by atoms with Gasteiger partial charge < -0.3 is 5.73 Å². The number of likely N-dealkylation sites (tertiary alicyclic amines) is 1. The van der Waals surface area contributed by atoms with Gasteiger partial charge in [0.1, 0.15) is 0 Å². The maximum Gasteiger partial charge on any atom is 0.0236 e. The van der Waals surface area contributed by atoms with Crippen LogP contribution in [0.3, 0.4) is 0 Å². The summed E-state index contributed by atoms with van der Waals surface area (Å²) in [5.74, 6) is 0.623. The minimum atomic E-state index is 0.623. The number of hydrogen-bond donors (Lipinski definition) is 1. The number of hydrogen-bond acceptors (Lipinski definition) is 2. The Morgan fingerprint density at radius 1 is 1.26 bits per heavy atom. The molecule has 1 saturated heterocycles. The van der Waals surface area contributed by atoms with Crippen molar-refractivity contribution in [1.82, 2.24) is 4.90 Å². The van der Waals surface area contributed by atoms with Gasteiger partial charge in [-0.1, -0.05) is 38.1 Å². The summed E-state index contributed by atoms with van der Waals surface area (Å²) < 4.78 is 0. The van der Waals surface area contributed by atoms with Crippen LogP contribution in [0.25, 0.3) is 0 Å². The third kappa shape index (κ3) is 4.05. The Morgan fingerprint density at radius 3 is 2.63 bits per heavy atom. The van der Waals surface area contributed by atoms with Crippen molar-refractivity contribution in [3.8, 4) is 0 Å². The minimum Gasteiger partial charge on any atom is -0.330 e. The third-order valence-electron chi connectivity index (χ3n) is 4.27. The van der Waals surface area contributed by atoms with Gasteiger partial charge in [-0.25, -0.2) is 0 Å². The predicted molar refractivity (Wildman–Crippen MR) is 82.3 cm³/mol. The van der Waals surface area contributed by atoms with Crippen LogP contribution in [-0.4, -0.2) is 24.0 Å². The Balaban J connectivity index is 1.92. The Morgan fingerprint density at radius 2 is 2.00 bits per heavy atom. The molecular weight excluding hydrogens is 232 g/mol. The first-order chi connectivity index (χ1) is 9.20. The van der Waals surface area contributed by atoms with Crippen LogP contribution in [0, 0.1) is 0 Å². The zero-order chi connectivity index (χ0) is 13.7. The van der Waals surface area contributed by atoms with Crippen molar-refractivity contribution in [2.24, 2.45) is 5.73 Å². The average Bonchev–Trinajstić information content (AvgIpc) is 2.84. The Hall–Kier alpha value is -0.860. The maximum absolute atomic E-state index is 5.63. The van der Waals surface area contributed by atoms with E-state index in [9.17, 15) is 0 Å². The van der Waals surface area contributed by atoms with E-state index in [1.54, 1.807) is 0 Å². The van der Waals surface area contributed by atoms with Crippen LogP contribution in [0.15, 0.2) is 24.3 Å². The van der Waals surface area contributed by atoms with Crippen LogP contribution < -0.4 is 5.73 Å². The molecular formula is C17H28N2. The zero-order valence-electron chi connectivity index (χ0n) is 12.4. The number of nitrogens with zero attached hydrogens (tertiary/aromatic N) is 1. The molecule has 0 amide bonds. The van der Waals surface area contributed by atoms with E-state index < -0.39 is 0 Å². The van der Waals surface area contributed by atoms with Gasteiger partial charge in [0.05, 0.1) is 0 Å². The highest BCUT2D eigenvalue weighted by atomic mass is 15.2. The molecule has 1 aromatic rings. The smallest absolute Gasteiger partial charge is 0.0236 e. The van der Waals surface area contributed by atoms with Crippen molar-refractivity contribution in [2.45, 2.75) is 58.0 Å². The Labute approximate surface area is 118 Å². The van der Waals surface area contributed by atoms with E-state index in [2.05, 4.69) is 43.0 Å². The third-order valence-corrected chi connectivity index (χ3v) is 4.27. The van der Waals surface area contributed by atoms with E-state index in [0.717, 1.165) is 25.6 Å². The van der Waals surface area contributed by atoms with Crippen molar-refractivity contribution in [2.75, 3.05) is 13.1 Å². The van der Waals surface area contributed by atoms with Gasteiger partial charge >= 0.3 is 0 Å². The lowest BCUT2D eigenvalue weighted by atomic mass is 10.0. The summed E-state index contributed by atoms with van der Waals surface area (Å²) in [7, 11) is 0. The SMILES string of the molecule is CC(C)c1ccc(CN2CCCC2CCCN)cc1. The summed E-state index contributed by atoms with van der Waals surface area (Å²) in [5.41, 5.74) is 8.51. The summed E-state index contributed by atoms with van der Waals surface area (Å²) in [6, 6.07) is 9.92. The van der Waals surface area contributed by atoms with Crippen LogP contribution in [0.1, 0.15) is 56.6 Å². The summed E-state index contributed by atoms with van der Waals surface area (Å²) in [4.78, 5) is 2.64. The maximum atomic E-state index is 5.63. The van der Waals surface area contributed by atoms with Crippen molar-refractivity contribution < 1.29 is 0 Å². The first-order valence-corrected chi connectivity index (χ1v) is 7.73. The first-order valence-electron chi connectivity index (χ1n) is 7.73. The first kappa shape index (κ1) is 14.5. The number of rotatable bonds is 6. The molecule has 0 radical (unpaired) electrons. The molecule has 2 nitrogen and oxygen atoms in total. The molecule has 106 valence electrons. The molecule has 1 aliphatic heterocycles. The highest BCUT2D eigenvalue weighted by Crippen LogP contribution is 2.24. The van der Waals surface area contributed by atoms with E-state index in [0.29, 0.717) is 5.92 Å². The van der Waals surface area contributed by atoms with Gasteiger partial charge in [-0.3, -0.25) is 4.90 Å². The van der Waals surface area contributed by atoms with Crippen LogP contribution in [0.5, 0.6) is 0 Å². The summed E-state index contributed by atoms with van der Waals surface area (Å²) in [6.07, 6.45) is 5.12. The predicted octanol–water partition coefficient (Wildman–Crippen LogP) is 3.51. The normalized spacial score (nSPS) is 20.3. The molecule has 1 heterocycles. The Bertz CT molecular complexity index is 369. The van der Waals surface area contributed by atoms with Crippen LogP contribution in [-0.2, 0) is 6.54 Å². The standard InChI is InChI=1S/C17H28N2/c1-14(2)16-9-7-15(8-10-16)13-19-12-4-6-17(19)5-3-11-18/h7-10,14,17H,3-6,11-13,18H2,1-2H3. The van der Waals surface area contributed by atoms with Gasteiger partial charge in [-0.2, -0.15) is 0 Å². The largest absolute Gasteiger partial charge is 0.330 e. The summed E-state index contributed by atoms with van der Waals surface area (Å²) in [6.45, 7) is 7.68. The Kier molecular flexibility index (Phi) is 5.41. The van der Waals surface area contributed by atoms with Gasteiger partial charge in [-0.15, -0.1) is 0 Å². The van der Waals surface area contributed by atoms with Crippen molar-refractivity contribution in [1.29, 1.82) is 0 Å². The second-order valence-corrected chi connectivity index (χ2v) is 6.09. The lowest BCUT2D eigenvalue weighted by Crippen LogP contribution is -2.29. The summed E-state index contributed by atoms with van der Waals surface area (Å²) in [5, 5.41) is 0. The molecule has 19 heavy (non-hydrogen) atoms. The number of benzene rings is 1. The lowest BCUT2D eigenvalue weighted by Gasteiger charge is -2.24. The van der Waals surface area contributed by atoms with Crippen LogP contribution in [0.4, 0.5) is 0 Å². The molecule has 0 aliphatic carbocycles. The van der Waals surface area contributed by atoms with Gasteiger partial charge in [-0.05, 0) is 55.8 Å². The second kappa shape index (κ2) is 7.06. The minimum absolute atomic E-state index is 0.623. The van der Waals surface area contributed by atoms with Gasteiger partial charge in [0.25, 0.3) is 0 Å². The highest BCUT2D eigenvalue weighted by Gasteiger charge is 2.23. The lowest BCUT2D eigenvalue weighted by molar-refractivity contribution is 0.232.